The summed E-state index contributed by atoms with van der Waals surface area (Å²) < 4.78 is 28.7. The number of aromatic nitrogens is 1. The molecule has 1 aliphatic rings. The van der Waals surface area contributed by atoms with Gasteiger partial charge in [0.1, 0.15) is 5.52 Å². The van der Waals surface area contributed by atoms with Gasteiger partial charge in [-0.05, 0) is 18.6 Å². The van der Waals surface area contributed by atoms with Gasteiger partial charge in [0.2, 0.25) is 0 Å². The van der Waals surface area contributed by atoms with Crippen molar-refractivity contribution in [3.8, 4) is 0 Å². The lowest BCUT2D eigenvalue weighted by Crippen LogP contribution is -2.26. The van der Waals surface area contributed by atoms with Gasteiger partial charge in [-0.1, -0.05) is 12.1 Å². The Bertz CT molecular complexity index is 630. The van der Waals surface area contributed by atoms with Crippen LogP contribution >= 0.6 is 0 Å². The average Bonchev–Trinajstić information content (AvgIpc) is 2.68. The molecule has 1 aromatic heterocycles. The minimum absolute atomic E-state index is 0.172. The smallest absolute Gasteiger partial charge is 0.298 e. The highest BCUT2D eigenvalue weighted by Gasteiger charge is 2.22. The van der Waals surface area contributed by atoms with Gasteiger partial charge in [0.15, 0.2) is 15.4 Å². The molecule has 2 aromatic rings. The van der Waals surface area contributed by atoms with Crippen molar-refractivity contribution in [1.82, 2.24) is 4.98 Å². The van der Waals surface area contributed by atoms with Gasteiger partial charge in [-0.3, -0.25) is 0 Å². The summed E-state index contributed by atoms with van der Waals surface area (Å²) in [6.45, 7) is 1.13. The fourth-order valence-corrected chi connectivity index (χ4v) is 3.40. The van der Waals surface area contributed by atoms with Crippen molar-refractivity contribution >= 4 is 27.0 Å². The molecule has 96 valence electrons. The number of oxazole rings is 1. The second-order valence-corrected chi connectivity index (χ2v) is 6.76. The van der Waals surface area contributed by atoms with Crippen LogP contribution in [0.5, 0.6) is 0 Å². The van der Waals surface area contributed by atoms with E-state index in [2.05, 4.69) is 4.98 Å². The van der Waals surface area contributed by atoms with Crippen LogP contribution in [0.1, 0.15) is 6.42 Å². The Morgan fingerprint density at radius 2 is 2.00 bits per heavy atom. The highest BCUT2D eigenvalue weighted by atomic mass is 32.2. The predicted octanol–water partition coefficient (Wildman–Crippen LogP) is 1.45. The van der Waals surface area contributed by atoms with E-state index in [9.17, 15) is 8.42 Å². The van der Waals surface area contributed by atoms with E-state index in [-0.39, 0.29) is 11.5 Å². The predicted molar refractivity (Wildman–Crippen MR) is 69.5 cm³/mol. The maximum Gasteiger partial charge on any atom is 0.298 e. The molecular weight excluding hydrogens is 252 g/mol. The second kappa shape index (κ2) is 4.28. The van der Waals surface area contributed by atoms with Crippen LogP contribution in [-0.2, 0) is 9.84 Å². The van der Waals surface area contributed by atoms with Gasteiger partial charge in [-0.15, -0.1) is 0 Å². The summed E-state index contributed by atoms with van der Waals surface area (Å²) in [5, 5.41) is 0. The molecule has 1 saturated heterocycles. The highest BCUT2D eigenvalue weighted by molar-refractivity contribution is 7.91. The summed E-state index contributed by atoms with van der Waals surface area (Å²) in [5.74, 6) is 0.426. The number of hydrogen-bond donors (Lipinski definition) is 0. The van der Waals surface area contributed by atoms with Crippen LogP contribution in [0.3, 0.4) is 0 Å². The van der Waals surface area contributed by atoms with Crippen molar-refractivity contribution < 1.29 is 12.8 Å². The van der Waals surface area contributed by atoms with Gasteiger partial charge in [-0.2, -0.15) is 4.98 Å². The lowest BCUT2D eigenvalue weighted by Gasteiger charge is -2.16. The minimum atomic E-state index is -2.90. The lowest BCUT2D eigenvalue weighted by atomic mass is 10.3. The van der Waals surface area contributed by atoms with Crippen molar-refractivity contribution in [3.63, 3.8) is 0 Å². The third-order valence-electron chi connectivity index (χ3n) is 3.11. The van der Waals surface area contributed by atoms with E-state index in [0.717, 1.165) is 11.1 Å². The molecule has 0 amide bonds. The van der Waals surface area contributed by atoms with E-state index in [0.29, 0.717) is 25.5 Å². The first kappa shape index (κ1) is 11.5. The standard InChI is InChI=1S/C12H14N2O3S/c15-18(16)8-3-6-14(7-9-18)12-13-10-4-1-2-5-11(10)17-12/h1-2,4-5H,3,6-9H2. The molecule has 6 heteroatoms. The first-order valence-corrected chi connectivity index (χ1v) is 7.77. The van der Waals surface area contributed by atoms with Gasteiger partial charge in [0, 0.05) is 13.1 Å². The van der Waals surface area contributed by atoms with Crippen LogP contribution in [-0.4, -0.2) is 38.0 Å². The Kier molecular flexibility index (Phi) is 2.74. The van der Waals surface area contributed by atoms with Crippen molar-refractivity contribution in [2.24, 2.45) is 0 Å². The summed E-state index contributed by atoms with van der Waals surface area (Å²) in [5.41, 5.74) is 1.54. The summed E-state index contributed by atoms with van der Waals surface area (Å²) >= 11 is 0. The molecule has 0 atom stereocenters. The van der Waals surface area contributed by atoms with E-state index in [4.69, 9.17) is 4.42 Å². The number of rotatable bonds is 1. The Balaban J connectivity index is 1.90. The van der Waals surface area contributed by atoms with Gasteiger partial charge < -0.3 is 9.32 Å². The number of nitrogens with zero attached hydrogens (tertiary/aromatic N) is 2. The van der Waals surface area contributed by atoms with Gasteiger partial charge in [0.05, 0.1) is 11.5 Å². The Morgan fingerprint density at radius 3 is 2.83 bits per heavy atom. The maximum absolute atomic E-state index is 11.5. The molecule has 1 aliphatic heterocycles. The second-order valence-electron chi connectivity index (χ2n) is 4.46. The zero-order valence-corrected chi connectivity index (χ0v) is 10.7. The summed E-state index contributed by atoms with van der Waals surface area (Å²) in [6, 6.07) is 8.07. The van der Waals surface area contributed by atoms with E-state index < -0.39 is 9.84 Å². The van der Waals surface area contributed by atoms with Crippen LogP contribution in [0.2, 0.25) is 0 Å². The number of fused-ring (bicyclic) bond motifs is 1. The molecule has 1 aromatic carbocycles. The van der Waals surface area contributed by atoms with Crippen LogP contribution in [0.25, 0.3) is 11.1 Å². The monoisotopic (exact) mass is 266 g/mol. The largest absolute Gasteiger partial charge is 0.423 e. The third-order valence-corrected chi connectivity index (χ3v) is 4.82. The molecule has 1 fully saturated rings. The van der Waals surface area contributed by atoms with E-state index in [1.807, 2.05) is 29.2 Å². The lowest BCUT2D eigenvalue weighted by molar-refractivity contribution is 0.571. The van der Waals surface area contributed by atoms with E-state index in [1.165, 1.54) is 0 Å². The van der Waals surface area contributed by atoms with Gasteiger partial charge in [-0.25, -0.2) is 8.42 Å². The molecule has 18 heavy (non-hydrogen) atoms. The van der Waals surface area contributed by atoms with Crippen molar-refractivity contribution in [1.29, 1.82) is 0 Å². The summed E-state index contributed by atoms with van der Waals surface area (Å²) in [4.78, 5) is 6.30. The fourth-order valence-electron chi connectivity index (χ4n) is 2.13. The maximum atomic E-state index is 11.5. The molecule has 0 unspecified atom stereocenters. The van der Waals surface area contributed by atoms with E-state index in [1.54, 1.807) is 0 Å². The number of sulfone groups is 1. The quantitative estimate of drug-likeness (QED) is 0.781. The molecule has 3 rings (SSSR count). The minimum Gasteiger partial charge on any atom is -0.423 e. The van der Waals surface area contributed by atoms with Gasteiger partial charge >= 0.3 is 0 Å². The third kappa shape index (κ3) is 2.20. The molecular formula is C12H14N2O3S. The molecule has 2 heterocycles. The number of hydrogen-bond acceptors (Lipinski definition) is 5. The summed E-state index contributed by atoms with van der Waals surface area (Å²) in [7, 11) is -2.90. The van der Waals surface area contributed by atoms with Crippen LogP contribution < -0.4 is 4.90 Å². The highest BCUT2D eigenvalue weighted by Crippen LogP contribution is 2.22. The van der Waals surface area contributed by atoms with Crippen LogP contribution in [0.15, 0.2) is 28.7 Å². The van der Waals surface area contributed by atoms with Crippen LogP contribution in [0.4, 0.5) is 6.01 Å². The Hall–Kier alpha value is -1.56. The SMILES string of the molecule is O=S1(=O)CCCN(c2nc3ccccc3o2)CC1. The molecule has 0 spiro atoms. The summed E-state index contributed by atoms with van der Waals surface area (Å²) in [6.07, 6.45) is 0.626. The van der Waals surface area contributed by atoms with Crippen molar-refractivity contribution in [2.45, 2.75) is 6.42 Å². The Labute approximate surface area is 105 Å². The van der Waals surface area contributed by atoms with Crippen molar-refractivity contribution in [2.75, 3.05) is 29.5 Å². The molecule has 0 radical (unpaired) electrons. The topological polar surface area (TPSA) is 63.4 Å². The molecule has 5 nitrogen and oxygen atoms in total. The molecule has 0 saturated carbocycles. The normalized spacial score (nSPS) is 19.9. The van der Waals surface area contributed by atoms with Crippen molar-refractivity contribution in [3.05, 3.63) is 24.3 Å². The molecule has 0 aliphatic carbocycles. The van der Waals surface area contributed by atoms with Gasteiger partial charge in [0.25, 0.3) is 6.01 Å². The zero-order valence-electron chi connectivity index (χ0n) is 9.87. The Morgan fingerprint density at radius 1 is 1.17 bits per heavy atom. The number of para-hydroxylation sites is 2. The number of anilines is 1. The zero-order chi connectivity index (χ0) is 12.6. The van der Waals surface area contributed by atoms with Crippen LogP contribution in [0, 0.1) is 0 Å². The molecule has 0 N–H and O–H groups in total. The van der Waals surface area contributed by atoms with E-state index >= 15 is 0 Å². The fraction of sp³-hybridized carbons (Fsp3) is 0.417. The first-order chi connectivity index (χ1) is 8.64. The molecule has 0 bridgehead atoms. The average molecular weight is 266 g/mol. The number of benzene rings is 1. The first-order valence-electron chi connectivity index (χ1n) is 5.95.